The van der Waals surface area contributed by atoms with Crippen LogP contribution in [0.25, 0.3) is 0 Å². The summed E-state index contributed by atoms with van der Waals surface area (Å²) in [4.78, 5) is 24.7. The standard InChI is InChI=1S/C19H23ClN2O5S/c1-5-8-22-12(2)9-15(13(22)3)18(23)11-27-19(24)16-10-14(6-7-17(16)20)28(25,26)21-4/h6-7,9-10,21H,5,8,11H2,1-4H3. The molecular formula is C19H23ClN2O5S. The summed E-state index contributed by atoms with van der Waals surface area (Å²) in [6.07, 6.45) is 0.934. The van der Waals surface area contributed by atoms with E-state index in [0.29, 0.717) is 5.56 Å². The van der Waals surface area contributed by atoms with Crippen LogP contribution in [-0.4, -0.2) is 38.4 Å². The fraction of sp³-hybridized carbons (Fsp3) is 0.368. The Bertz CT molecular complexity index is 1010. The summed E-state index contributed by atoms with van der Waals surface area (Å²) >= 11 is 6.00. The first kappa shape index (κ1) is 22.1. The van der Waals surface area contributed by atoms with Crippen molar-refractivity contribution in [1.82, 2.24) is 9.29 Å². The van der Waals surface area contributed by atoms with E-state index in [1.54, 1.807) is 6.07 Å². The van der Waals surface area contributed by atoms with Gasteiger partial charge in [0.2, 0.25) is 15.8 Å². The molecule has 1 aromatic carbocycles. The summed E-state index contributed by atoms with van der Waals surface area (Å²) in [5.74, 6) is -1.20. The van der Waals surface area contributed by atoms with Crippen molar-refractivity contribution in [3.05, 3.63) is 51.8 Å². The maximum atomic E-state index is 12.5. The lowest BCUT2D eigenvalue weighted by Crippen LogP contribution is -2.20. The van der Waals surface area contributed by atoms with E-state index in [4.69, 9.17) is 16.3 Å². The third-order valence-electron chi connectivity index (χ3n) is 4.39. The molecule has 2 rings (SSSR count). The average Bonchev–Trinajstić information content (AvgIpc) is 2.94. The molecule has 0 bridgehead atoms. The van der Waals surface area contributed by atoms with Crippen molar-refractivity contribution in [3.63, 3.8) is 0 Å². The van der Waals surface area contributed by atoms with Crippen molar-refractivity contribution in [2.45, 2.75) is 38.6 Å². The van der Waals surface area contributed by atoms with E-state index in [2.05, 4.69) is 4.72 Å². The number of nitrogens with zero attached hydrogens (tertiary/aromatic N) is 1. The maximum absolute atomic E-state index is 12.5. The molecule has 0 fully saturated rings. The minimum absolute atomic E-state index is 0.0358. The number of halogens is 1. The predicted molar refractivity (Wildman–Crippen MR) is 107 cm³/mol. The third-order valence-corrected chi connectivity index (χ3v) is 6.13. The van der Waals surface area contributed by atoms with Gasteiger partial charge in [-0.1, -0.05) is 18.5 Å². The molecule has 7 nitrogen and oxygen atoms in total. The minimum atomic E-state index is -3.74. The van der Waals surface area contributed by atoms with E-state index >= 15 is 0 Å². The van der Waals surface area contributed by atoms with Gasteiger partial charge in [-0.2, -0.15) is 0 Å². The van der Waals surface area contributed by atoms with Gasteiger partial charge in [-0.05, 0) is 51.6 Å². The lowest BCUT2D eigenvalue weighted by Gasteiger charge is -2.09. The second kappa shape index (κ2) is 8.89. The number of benzene rings is 1. The number of ether oxygens (including phenoxy) is 1. The molecule has 0 radical (unpaired) electrons. The van der Waals surface area contributed by atoms with E-state index in [-0.39, 0.29) is 21.3 Å². The van der Waals surface area contributed by atoms with Crippen molar-refractivity contribution in [2.24, 2.45) is 0 Å². The number of nitrogens with one attached hydrogen (secondary N) is 1. The summed E-state index contributed by atoms with van der Waals surface area (Å²) in [5.41, 5.74) is 2.15. The number of esters is 1. The number of ketones is 1. The lowest BCUT2D eigenvalue weighted by molar-refractivity contribution is 0.0474. The molecule has 0 spiro atoms. The van der Waals surface area contributed by atoms with E-state index in [1.165, 1.54) is 19.2 Å². The summed E-state index contributed by atoms with van der Waals surface area (Å²) in [6.45, 7) is 6.15. The van der Waals surface area contributed by atoms with Crippen LogP contribution < -0.4 is 4.72 Å². The fourth-order valence-corrected chi connectivity index (χ4v) is 3.83. The summed E-state index contributed by atoms with van der Waals surface area (Å²) < 4.78 is 33.1. The van der Waals surface area contributed by atoms with Crippen LogP contribution >= 0.6 is 11.6 Å². The predicted octanol–water partition coefficient (Wildman–Crippen LogP) is 3.12. The summed E-state index contributed by atoms with van der Waals surface area (Å²) in [5, 5.41) is 0.0358. The molecule has 152 valence electrons. The van der Waals surface area contributed by atoms with Crippen molar-refractivity contribution in [2.75, 3.05) is 13.7 Å². The number of sulfonamides is 1. The number of hydrogen-bond acceptors (Lipinski definition) is 5. The highest BCUT2D eigenvalue weighted by Gasteiger charge is 2.21. The van der Waals surface area contributed by atoms with Gasteiger partial charge in [-0.3, -0.25) is 4.79 Å². The molecule has 0 aliphatic heterocycles. The molecule has 0 atom stereocenters. The Labute approximate surface area is 169 Å². The molecular weight excluding hydrogens is 404 g/mol. The zero-order chi connectivity index (χ0) is 21.1. The first-order valence-electron chi connectivity index (χ1n) is 8.72. The Morgan fingerprint density at radius 3 is 2.46 bits per heavy atom. The molecule has 0 aliphatic carbocycles. The summed E-state index contributed by atoms with van der Waals surface area (Å²) in [7, 11) is -2.48. The SMILES string of the molecule is CCCn1c(C)cc(C(=O)COC(=O)c2cc(S(=O)(=O)NC)ccc2Cl)c1C. The van der Waals surface area contributed by atoms with E-state index in [0.717, 1.165) is 30.4 Å². The van der Waals surface area contributed by atoms with Gasteiger partial charge in [-0.15, -0.1) is 0 Å². The second-order valence-electron chi connectivity index (χ2n) is 6.28. The number of aryl methyl sites for hydroxylation is 1. The quantitative estimate of drug-likeness (QED) is 0.517. The van der Waals surface area contributed by atoms with Crippen molar-refractivity contribution >= 4 is 33.4 Å². The third kappa shape index (κ3) is 4.63. The van der Waals surface area contributed by atoms with Gasteiger partial charge < -0.3 is 9.30 Å². The highest BCUT2D eigenvalue weighted by molar-refractivity contribution is 7.89. The molecule has 1 N–H and O–H groups in total. The van der Waals surface area contributed by atoms with E-state index in [1.807, 2.05) is 25.3 Å². The van der Waals surface area contributed by atoms with E-state index < -0.39 is 22.6 Å². The number of Topliss-reactive ketones (excluding diaryl/α,β-unsaturated/α-hetero) is 1. The molecule has 28 heavy (non-hydrogen) atoms. The first-order chi connectivity index (χ1) is 13.1. The van der Waals surface area contributed by atoms with Crippen LogP contribution in [0.15, 0.2) is 29.2 Å². The molecule has 9 heteroatoms. The maximum Gasteiger partial charge on any atom is 0.340 e. The number of rotatable bonds is 8. The van der Waals surface area contributed by atoms with E-state index in [9.17, 15) is 18.0 Å². The van der Waals surface area contributed by atoms with Crippen LogP contribution in [0, 0.1) is 13.8 Å². The molecule has 0 saturated heterocycles. The number of carbonyl (C=O) groups is 2. The number of aromatic nitrogens is 1. The zero-order valence-corrected chi connectivity index (χ0v) is 17.8. The lowest BCUT2D eigenvalue weighted by atomic mass is 10.1. The van der Waals surface area contributed by atoms with Crippen LogP contribution in [0.4, 0.5) is 0 Å². The topological polar surface area (TPSA) is 94.5 Å². The van der Waals surface area contributed by atoms with Crippen LogP contribution in [0.1, 0.15) is 45.4 Å². The zero-order valence-electron chi connectivity index (χ0n) is 16.2. The largest absolute Gasteiger partial charge is 0.454 e. The smallest absolute Gasteiger partial charge is 0.340 e. The molecule has 1 heterocycles. The molecule has 0 amide bonds. The van der Waals surface area contributed by atoms with Gasteiger partial charge in [0.15, 0.2) is 6.61 Å². The summed E-state index contributed by atoms with van der Waals surface area (Å²) in [6, 6.07) is 5.46. The van der Waals surface area contributed by atoms with Crippen LogP contribution in [0.5, 0.6) is 0 Å². The molecule has 0 unspecified atom stereocenters. The molecule has 0 saturated carbocycles. The molecule has 2 aromatic rings. The van der Waals surface area contributed by atoms with Gasteiger partial charge >= 0.3 is 5.97 Å². The van der Waals surface area contributed by atoms with Crippen LogP contribution in [0.3, 0.4) is 0 Å². The van der Waals surface area contributed by atoms with Crippen molar-refractivity contribution < 1.29 is 22.7 Å². The van der Waals surface area contributed by atoms with Crippen molar-refractivity contribution in [1.29, 1.82) is 0 Å². The Morgan fingerprint density at radius 1 is 1.18 bits per heavy atom. The average molecular weight is 427 g/mol. The van der Waals surface area contributed by atoms with Gasteiger partial charge in [-0.25, -0.2) is 17.9 Å². The van der Waals surface area contributed by atoms with Gasteiger partial charge in [0.1, 0.15) is 0 Å². The Kier molecular flexibility index (Phi) is 7.03. The number of carbonyl (C=O) groups excluding carboxylic acids is 2. The van der Waals surface area contributed by atoms with Gasteiger partial charge in [0, 0.05) is 23.5 Å². The van der Waals surface area contributed by atoms with Gasteiger partial charge in [0.05, 0.1) is 15.5 Å². The normalized spacial score (nSPS) is 11.5. The molecule has 1 aromatic heterocycles. The Hall–Kier alpha value is -2.16. The van der Waals surface area contributed by atoms with Crippen molar-refractivity contribution in [3.8, 4) is 0 Å². The monoisotopic (exact) mass is 426 g/mol. The first-order valence-corrected chi connectivity index (χ1v) is 10.6. The second-order valence-corrected chi connectivity index (χ2v) is 8.58. The molecule has 0 aliphatic rings. The van der Waals surface area contributed by atoms with Crippen LogP contribution in [0.2, 0.25) is 5.02 Å². The van der Waals surface area contributed by atoms with Gasteiger partial charge in [0.25, 0.3) is 0 Å². The minimum Gasteiger partial charge on any atom is -0.454 e. The Balaban J connectivity index is 2.18. The fourth-order valence-electron chi connectivity index (χ4n) is 2.88. The highest BCUT2D eigenvalue weighted by Crippen LogP contribution is 2.22. The van der Waals surface area contributed by atoms with Crippen LogP contribution in [-0.2, 0) is 21.3 Å². The highest BCUT2D eigenvalue weighted by atomic mass is 35.5. The Morgan fingerprint density at radius 2 is 1.86 bits per heavy atom. The number of hydrogen-bond donors (Lipinski definition) is 1.